The summed E-state index contributed by atoms with van der Waals surface area (Å²) in [5.74, 6) is -0.189. The van der Waals surface area contributed by atoms with Crippen molar-refractivity contribution in [3.8, 4) is 22.5 Å². The summed E-state index contributed by atoms with van der Waals surface area (Å²) in [6, 6.07) is 16.4. The molecular weight excluding hydrogens is 414 g/mol. The standard InChI is InChI=1S/C27H33N3O3/c1-4-22(31)26-27(28-17-7-5-6-8-23(32)33)30-25(21-15-11-19(3)12-16-21)24(29-26)20-13-9-18(2)10-14-20/h9-16,22,31H,4-8,17H2,1-3H3,(H,28,30)(H,32,33). The van der Waals surface area contributed by atoms with E-state index in [1.807, 2.05) is 45.0 Å². The van der Waals surface area contributed by atoms with Crippen molar-refractivity contribution >= 4 is 11.8 Å². The minimum absolute atomic E-state index is 0.183. The maximum Gasteiger partial charge on any atom is 0.303 e. The molecule has 6 heteroatoms. The fraction of sp³-hybridized carbons (Fsp3) is 0.370. The van der Waals surface area contributed by atoms with E-state index in [-0.39, 0.29) is 6.42 Å². The van der Waals surface area contributed by atoms with E-state index >= 15 is 0 Å². The molecule has 0 saturated carbocycles. The molecule has 3 aromatic rings. The number of carboxylic acid groups (broad SMARTS) is 1. The fourth-order valence-electron chi connectivity index (χ4n) is 3.61. The van der Waals surface area contributed by atoms with Crippen LogP contribution in [-0.2, 0) is 4.79 Å². The van der Waals surface area contributed by atoms with Crippen LogP contribution in [-0.4, -0.2) is 32.7 Å². The van der Waals surface area contributed by atoms with Gasteiger partial charge in [0.2, 0.25) is 0 Å². The van der Waals surface area contributed by atoms with Crippen molar-refractivity contribution in [3.63, 3.8) is 0 Å². The Bertz CT molecular complexity index is 1060. The summed E-state index contributed by atoms with van der Waals surface area (Å²) in [5.41, 5.74) is 6.29. The Kier molecular flexibility index (Phi) is 8.55. The second kappa shape index (κ2) is 11.6. The smallest absolute Gasteiger partial charge is 0.303 e. The first-order valence-corrected chi connectivity index (χ1v) is 11.6. The number of carboxylic acids is 1. The zero-order valence-electron chi connectivity index (χ0n) is 19.6. The van der Waals surface area contributed by atoms with Gasteiger partial charge in [-0.15, -0.1) is 0 Å². The number of aliphatic hydroxyl groups excluding tert-OH is 1. The number of benzene rings is 2. The van der Waals surface area contributed by atoms with Crippen molar-refractivity contribution in [2.24, 2.45) is 0 Å². The summed E-state index contributed by atoms with van der Waals surface area (Å²) in [7, 11) is 0. The van der Waals surface area contributed by atoms with Crippen LogP contribution in [0.5, 0.6) is 0 Å². The molecule has 1 heterocycles. The molecule has 3 N–H and O–H groups in total. The number of hydrogen-bond acceptors (Lipinski definition) is 5. The zero-order chi connectivity index (χ0) is 23.8. The predicted octanol–water partition coefficient (Wildman–Crippen LogP) is 5.93. The van der Waals surface area contributed by atoms with Gasteiger partial charge >= 0.3 is 5.97 Å². The number of unbranched alkanes of at least 4 members (excludes halogenated alkanes) is 2. The number of aliphatic hydroxyl groups is 1. The Morgan fingerprint density at radius 2 is 1.42 bits per heavy atom. The molecule has 0 fully saturated rings. The largest absolute Gasteiger partial charge is 0.481 e. The van der Waals surface area contributed by atoms with E-state index in [1.54, 1.807) is 0 Å². The van der Waals surface area contributed by atoms with Crippen LogP contribution in [0.15, 0.2) is 48.5 Å². The molecule has 0 aliphatic carbocycles. The Labute approximate surface area is 195 Å². The average molecular weight is 448 g/mol. The molecule has 33 heavy (non-hydrogen) atoms. The van der Waals surface area contributed by atoms with Crippen LogP contribution in [0.1, 0.15) is 62.0 Å². The van der Waals surface area contributed by atoms with Crippen molar-refractivity contribution in [3.05, 3.63) is 65.4 Å². The highest BCUT2D eigenvalue weighted by molar-refractivity contribution is 5.79. The summed E-state index contributed by atoms with van der Waals surface area (Å²) in [4.78, 5) is 20.6. The monoisotopic (exact) mass is 447 g/mol. The van der Waals surface area contributed by atoms with Crippen LogP contribution in [0.3, 0.4) is 0 Å². The first kappa shape index (κ1) is 24.4. The molecule has 1 unspecified atom stereocenters. The molecule has 174 valence electrons. The molecule has 1 aromatic heterocycles. The number of anilines is 1. The van der Waals surface area contributed by atoms with Crippen molar-refractivity contribution < 1.29 is 15.0 Å². The third-order valence-electron chi connectivity index (χ3n) is 5.63. The zero-order valence-corrected chi connectivity index (χ0v) is 19.6. The quantitative estimate of drug-likeness (QED) is 0.315. The third kappa shape index (κ3) is 6.62. The van der Waals surface area contributed by atoms with E-state index < -0.39 is 12.1 Å². The van der Waals surface area contributed by atoms with Crippen LogP contribution in [0.2, 0.25) is 0 Å². The van der Waals surface area contributed by atoms with Crippen LogP contribution in [0.4, 0.5) is 5.82 Å². The highest BCUT2D eigenvalue weighted by Crippen LogP contribution is 2.34. The van der Waals surface area contributed by atoms with E-state index in [4.69, 9.17) is 15.1 Å². The number of nitrogens with one attached hydrogen (secondary N) is 1. The Morgan fingerprint density at radius 1 is 0.879 bits per heavy atom. The number of nitrogens with zero attached hydrogens (tertiary/aromatic N) is 2. The SMILES string of the molecule is CCC(O)c1nc(-c2ccc(C)cc2)c(-c2ccc(C)cc2)nc1NCCCCCC(=O)O. The molecule has 0 aliphatic heterocycles. The van der Waals surface area contributed by atoms with Crippen LogP contribution in [0.25, 0.3) is 22.5 Å². The van der Waals surface area contributed by atoms with Gasteiger partial charge in [0.05, 0.1) is 17.5 Å². The second-order valence-corrected chi connectivity index (χ2v) is 8.44. The summed E-state index contributed by atoms with van der Waals surface area (Å²) in [5, 5.41) is 22.9. The number of carbonyl (C=O) groups is 1. The maximum absolute atomic E-state index is 10.7. The minimum atomic E-state index is -0.767. The number of aliphatic carboxylic acids is 1. The van der Waals surface area contributed by atoms with Crippen molar-refractivity contribution in [1.82, 2.24) is 9.97 Å². The van der Waals surface area contributed by atoms with Gasteiger partial charge in [-0.2, -0.15) is 0 Å². The first-order chi connectivity index (χ1) is 15.9. The van der Waals surface area contributed by atoms with E-state index in [9.17, 15) is 9.90 Å². The molecule has 3 rings (SSSR count). The van der Waals surface area contributed by atoms with Crippen LogP contribution in [0, 0.1) is 13.8 Å². The highest BCUT2D eigenvalue weighted by atomic mass is 16.4. The molecule has 0 aliphatic rings. The Balaban J connectivity index is 1.99. The van der Waals surface area contributed by atoms with Crippen molar-refractivity contribution in [2.45, 2.75) is 59.0 Å². The van der Waals surface area contributed by atoms with E-state index in [2.05, 4.69) is 29.6 Å². The fourth-order valence-corrected chi connectivity index (χ4v) is 3.61. The topological polar surface area (TPSA) is 95.3 Å². The molecule has 0 spiro atoms. The Morgan fingerprint density at radius 3 is 1.94 bits per heavy atom. The van der Waals surface area contributed by atoms with Crippen LogP contribution < -0.4 is 5.32 Å². The lowest BCUT2D eigenvalue weighted by atomic mass is 10.0. The van der Waals surface area contributed by atoms with E-state index in [0.29, 0.717) is 30.9 Å². The predicted molar refractivity (Wildman–Crippen MR) is 132 cm³/mol. The van der Waals surface area contributed by atoms with Gasteiger partial charge in [-0.1, -0.05) is 73.0 Å². The minimum Gasteiger partial charge on any atom is -0.481 e. The lowest BCUT2D eigenvalue weighted by Crippen LogP contribution is -2.13. The van der Waals surface area contributed by atoms with Crippen LogP contribution >= 0.6 is 0 Å². The van der Waals surface area contributed by atoms with Gasteiger partial charge in [0, 0.05) is 24.1 Å². The first-order valence-electron chi connectivity index (χ1n) is 11.6. The van der Waals surface area contributed by atoms with Gasteiger partial charge < -0.3 is 15.5 Å². The molecule has 0 amide bonds. The molecule has 1 atom stereocenters. The van der Waals surface area contributed by atoms with Gasteiger partial charge in [-0.05, 0) is 33.1 Å². The maximum atomic E-state index is 10.7. The summed E-state index contributed by atoms with van der Waals surface area (Å²) >= 11 is 0. The second-order valence-electron chi connectivity index (χ2n) is 8.44. The average Bonchev–Trinajstić information content (AvgIpc) is 2.81. The normalized spacial score (nSPS) is 11.9. The molecule has 0 radical (unpaired) electrons. The van der Waals surface area contributed by atoms with E-state index in [1.165, 1.54) is 11.1 Å². The molecular formula is C27H33N3O3. The lowest BCUT2D eigenvalue weighted by molar-refractivity contribution is -0.137. The number of aromatic nitrogens is 2. The van der Waals surface area contributed by atoms with Gasteiger partial charge in [0.1, 0.15) is 5.69 Å². The molecule has 0 saturated heterocycles. The molecule has 6 nitrogen and oxygen atoms in total. The number of aryl methyl sites for hydroxylation is 2. The third-order valence-corrected chi connectivity index (χ3v) is 5.63. The number of rotatable bonds is 11. The highest BCUT2D eigenvalue weighted by Gasteiger charge is 2.20. The van der Waals surface area contributed by atoms with Crippen molar-refractivity contribution in [2.75, 3.05) is 11.9 Å². The van der Waals surface area contributed by atoms with Gasteiger partial charge in [0.15, 0.2) is 5.82 Å². The summed E-state index contributed by atoms with van der Waals surface area (Å²) in [6.07, 6.45) is 2.25. The summed E-state index contributed by atoms with van der Waals surface area (Å²) in [6.45, 7) is 6.65. The van der Waals surface area contributed by atoms with Gasteiger partial charge in [0.25, 0.3) is 0 Å². The Hall–Kier alpha value is -3.25. The van der Waals surface area contributed by atoms with Gasteiger partial charge in [-0.3, -0.25) is 4.79 Å². The molecule has 0 bridgehead atoms. The molecule has 2 aromatic carbocycles. The van der Waals surface area contributed by atoms with Gasteiger partial charge in [-0.25, -0.2) is 9.97 Å². The lowest BCUT2D eigenvalue weighted by Gasteiger charge is -2.19. The van der Waals surface area contributed by atoms with Crippen molar-refractivity contribution in [1.29, 1.82) is 0 Å². The number of hydrogen-bond donors (Lipinski definition) is 3. The van der Waals surface area contributed by atoms with E-state index in [0.717, 1.165) is 35.4 Å². The summed E-state index contributed by atoms with van der Waals surface area (Å²) < 4.78 is 0.